The lowest BCUT2D eigenvalue weighted by Crippen LogP contribution is -1.95. The van der Waals surface area contributed by atoms with Gasteiger partial charge in [-0.3, -0.25) is 0 Å². The normalized spacial score (nSPS) is 10.5. The molecule has 0 unspecified atom stereocenters. The molecule has 3 rings (SSSR count). The number of benzene rings is 2. The molecule has 0 saturated carbocycles. The van der Waals surface area contributed by atoms with Crippen LogP contribution in [0.25, 0.3) is 22.9 Å². The van der Waals surface area contributed by atoms with E-state index in [0.29, 0.717) is 16.5 Å². The molecule has 1 aromatic heterocycles. The van der Waals surface area contributed by atoms with Gasteiger partial charge in [-0.1, -0.05) is 17.7 Å². The van der Waals surface area contributed by atoms with Gasteiger partial charge in [0.15, 0.2) is 0 Å². The molecule has 6 heteroatoms. The summed E-state index contributed by atoms with van der Waals surface area (Å²) in [6.07, 6.45) is 0. The molecule has 2 aromatic carbocycles. The van der Waals surface area contributed by atoms with Gasteiger partial charge in [0.2, 0.25) is 11.8 Å². The quantitative estimate of drug-likeness (QED) is 0.797. The highest BCUT2D eigenvalue weighted by atomic mass is 35.5. The maximum absolute atomic E-state index is 11.0. The maximum atomic E-state index is 11.0. The lowest BCUT2D eigenvalue weighted by atomic mass is 10.1. The van der Waals surface area contributed by atoms with Crippen LogP contribution in [0.4, 0.5) is 0 Å². The third-order valence-corrected chi connectivity index (χ3v) is 3.12. The van der Waals surface area contributed by atoms with Gasteiger partial charge in [-0.25, -0.2) is 4.79 Å². The third-order valence-electron chi connectivity index (χ3n) is 2.87. The molecule has 0 amide bonds. The van der Waals surface area contributed by atoms with Crippen molar-refractivity contribution in [2.24, 2.45) is 0 Å². The average molecular weight is 301 g/mol. The minimum Gasteiger partial charge on any atom is -0.478 e. The van der Waals surface area contributed by atoms with E-state index in [9.17, 15) is 4.79 Å². The lowest BCUT2D eigenvalue weighted by molar-refractivity contribution is 0.0697. The number of aromatic nitrogens is 2. The Kier molecular flexibility index (Phi) is 3.41. The van der Waals surface area contributed by atoms with Crippen LogP contribution < -0.4 is 0 Å². The Morgan fingerprint density at radius 2 is 1.67 bits per heavy atom. The highest BCUT2D eigenvalue weighted by molar-refractivity contribution is 6.30. The first-order chi connectivity index (χ1) is 10.1. The van der Waals surface area contributed by atoms with E-state index in [0.717, 1.165) is 5.56 Å². The second-order valence-corrected chi connectivity index (χ2v) is 4.74. The van der Waals surface area contributed by atoms with Crippen LogP contribution in [-0.4, -0.2) is 21.3 Å². The summed E-state index contributed by atoms with van der Waals surface area (Å²) in [7, 11) is 0. The summed E-state index contributed by atoms with van der Waals surface area (Å²) < 4.78 is 5.57. The number of hydrogen-bond acceptors (Lipinski definition) is 4. The topological polar surface area (TPSA) is 76.2 Å². The fourth-order valence-corrected chi connectivity index (χ4v) is 1.96. The molecule has 5 nitrogen and oxygen atoms in total. The van der Waals surface area contributed by atoms with Gasteiger partial charge in [-0.15, -0.1) is 10.2 Å². The first-order valence-corrected chi connectivity index (χ1v) is 6.44. The van der Waals surface area contributed by atoms with Crippen LogP contribution in [0.15, 0.2) is 52.9 Å². The van der Waals surface area contributed by atoms with Crippen molar-refractivity contribution in [2.45, 2.75) is 0 Å². The van der Waals surface area contributed by atoms with E-state index in [1.807, 2.05) is 0 Å². The van der Waals surface area contributed by atoms with Crippen molar-refractivity contribution < 1.29 is 14.3 Å². The Morgan fingerprint density at radius 3 is 2.33 bits per heavy atom. The number of carbonyl (C=O) groups is 1. The van der Waals surface area contributed by atoms with Gasteiger partial charge in [0.05, 0.1) is 5.56 Å². The van der Waals surface area contributed by atoms with Crippen LogP contribution in [0.1, 0.15) is 10.4 Å². The molecule has 0 aliphatic carbocycles. The minimum absolute atomic E-state index is 0.166. The molecular formula is C15H9ClN2O3. The van der Waals surface area contributed by atoms with Crippen LogP contribution >= 0.6 is 11.6 Å². The third kappa shape index (κ3) is 2.78. The Labute approximate surface area is 124 Å². The van der Waals surface area contributed by atoms with Crippen LogP contribution in [0.5, 0.6) is 0 Å². The predicted molar refractivity (Wildman–Crippen MR) is 77.1 cm³/mol. The highest BCUT2D eigenvalue weighted by Gasteiger charge is 2.12. The van der Waals surface area contributed by atoms with Gasteiger partial charge in [-0.05, 0) is 42.5 Å². The van der Waals surface area contributed by atoms with Gasteiger partial charge in [-0.2, -0.15) is 0 Å². The van der Waals surface area contributed by atoms with Gasteiger partial charge in [0.25, 0.3) is 0 Å². The number of rotatable bonds is 3. The number of hydrogen-bond donors (Lipinski definition) is 1. The molecule has 104 valence electrons. The SMILES string of the molecule is O=C(O)c1cccc(-c2nnc(-c3ccc(Cl)cc3)o2)c1. The number of halogens is 1. The summed E-state index contributed by atoms with van der Waals surface area (Å²) in [5.74, 6) is -0.389. The van der Waals surface area contributed by atoms with E-state index in [2.05, 4.69) is 10.2 Å². The number of carboxylic acid groups (broad SMARTS) is 1. The Balaban J connectivity index is 1.96. The van der Waals surface area contributed by atoms with E-state index >= 15 is 0 Å². The summed E-state index contributed by atoms with van der Waals surface area (Å²) in [4.78, 5) is 11.0. The first-order valence-electron chi connectivity index (χ1n) is 6.06. The molecule has 0 aliphatic rings. The van der Waals surface area contributed by atoms with Crippen molar-refractivity contribution in [1.82, 2.24) is 10.2 Å². The van der Waals surface area contributed by atoms with Crippen molar-refractivity contribution in [3.05, 3.63) is 59.1 Å². The molecule has 1 heterocycles. The molecule has 0 atom stereocenters. The fourth-order valence-electron chi connectivity index (χ4n) is 1.83. The summed E-state index contributed by atoms with van der Waals surface area (Å²) in [6.45, 7) is 0. The summed E-state index contributed by atoms with van der Waals surface area (Å²) in [5, 5.41) is 17.5. The molecule has 0 saturated heterocycles. The van der Waals surface area contributed by atoms with Gasteiger partial charge in [0, 0.05) is 16.1 Å². The highest BCUT2D eigenvalue weighted by Crippen LogP contribution is 2.25. The molecule has 3 aromatic rings. The second kappa shape index (κ2) is 5.38. The Hall–Kier alpha value is -2.66. The zero-order valence-corrected chi connectivity index (χ0v) is 11.4. The smallest absolute Gasteiger partial charge is 0.335 e. The van der Waals surface area contributed by atoms with Gasteiger partial charge < -0.3 is 9.52 Å². The van der Waals surface area contributed by atoms with Crippen molar-refractivity contribution in [2.75, 3.05) is 0 Å². The fraction of sp³-hybridized carbons (Fsp3) is 0. The molecule has 21 heavy (non-hydrogen) atoms. The molecule has 1 N–H and O–H groups in total. The maximum Gasteiger partial charge on any atom is 0.335 e. The van der Waals surface area contributed by atoms with E-state index in [4.69, 9.17) is 21.1 Å². The van der Waals surface area contributed by atoms with E-state index < -0.39 is 5.97 Å². The predicted octanol–water partition coefficient (Wildman–Crippen LogP) is 3.76. The monoisotopic (exact) mass is 300 g/mol. The lowest BCUT2D eigenvalue weighted by Gasteiger charge is -1.97. The van der Waals surface area contributed by atoms with Crippen LogP contribution in [0.3, 0.4) is 0 Å². The molecule has 0 fully saturated rings. The zero-order chi connectivity index (χ0) is 14.8. The van der Waals surface area contributed by atoms with Crippen LogP contribution in [0.2, 0.25) is 5.02 Å². The number of nitrogens with zero attached hydrogens (tertiary/aromatic N) is 2. The van der Waals surface area contributed by atoms with Crippen molar-refractivity contribution in [1.29, 1.82) is 0 Å². The van der Waals surface area contributed by atoms with Crippen molar-refractivity contribution >= 4 is 17.6 Å². The van der Waals surface area contributed by atoms with E-state index in [-0.39, 0.29) is 11.5 Å². The summed E-state index contributed by atoms with van der Waals surface area (Å²) in [6, 6.07) is 13.3. The molecule has 0 radical (unpaired) electrons. The van der Waals surface area contributed by atoms with E-state index in [1.54, 1.807) is 36.4 Å². The average Bonchev–Trinajstić information content (AvgIpc) is 2.98. The minimum atomic E-state index is -1.01. The van der Waals surface area contributed by atoms with Gasteiger partial charge >= 0.3 is 5.97 Å². The summed E-state index contributed by atoms with van der Waals surface area (Å²) >= 11 is 5.83. The number of aromatic carboxylic acids is 1. The Morgan fingerprint density at radius 1 is 1.00 bits per heavy atom. The molecule has 0 bridgehead atoms. The Bertz CT molecular complexity index is 797. The van der Waals surface area contributed by atoms with Crippen LogP contribution in [0, 0.1) is 0 Å². The second-order valence-electron chi connectivity index (χ2n) is 4.31. The van der Waals surface area contributed by atoms with Crippen LogP contribution in [-0.2, 0) is 0 Å². The molecular weight excluding hydrogens is 292 g/mol. The summed E-state index contributed by atoms with van der Waals surface area (Å²) in [5.41, 5.74) is 1.47. The first kappa shape index (κ1) is 13.3. The molecule has 0 spiro atoms. The van der Waals surface area contributed by atoms with Crippen molar-refractivity contribution in [3.63, 3.8) is 0 Å². The largest absolute Gasteiger partial charge is 0.478 e. The number of carboxylic acids is 1. The van der Waals surface area contributed by atoms with Gasteiger partial charge in [0.1, 0.15) is 0 Å². The zero-order valence-electron chi connectivity index (χ0n) is 10.7. The molecule has 0 aliphatic heterocycles. The van der Waals surface area contributed by atoms with E-state index in [1.165, 1.54) is 12.1 Å². The van der Waals surface area contributed by atoms with Crippen molar-refractivity contribution in [3.8, 4) is 22.9 Å². The standard InChI is InChI=1S/C15H9ClN2O3/c16-12-6-4-9(5-7-12)13-17-18-14(21-13)10-2-1-3-11(8-10)15(19)20/h1-8H,(H,19,20).